The van der Waals surface area contributed by atoms with Gasteiger partial charge in [-0.3, -0.25) is 4.79 Å². The van der Waals surface area contributed by atoms with Crippen molar-refractivity contribution in [3.63, 3.8) is 0 Å². The molecule has 1 N–H and O–H groups in total. The molecule has 7 heteroatoms. The standard InChI is InChI=1S/C20H20ClNO5/c1-13-4-7-15(11-16(13)21)22-19(23)12-27-20(24)9-6-14-5-8-17(25-2)18(10-14)26-3/h4-11H,12H2,1-3H3,(H,22,23). The molecule has 0 bridgehead atoms. The number of carbonyl (C=O) groups excluding carboxylic acids is 2. The van der Waals surface area contributed by atoms with Crippen LogP contribution < -0.4 is 14.8 Å². The van der Waals surface area contributed by atoms with Gasteiger partial charge in [0.2, 0.25) is 0 Å². The summed E-state index contributed by atoms with van der Waals surface area (Å²) in [7, 11) is 3.07. The van der Waals surface area contributed by atoms with Crippen molar-refractivity contribution in [1.82, 2.24) is 0 Å². The monoisotopic (exact) mass is 389 g/mol. The van der Waals surface area contributed by atoms with Gasteiger partial charge in [-0.25, -0.2) is 4.79 Å². The van der Waals surface area contributed by atoms with Crippen molar-refractivity contribution < 1.29 is 23.8 Å². The van der Waals surface area contributed by atoms with Gasteiger partial charge in [-0.15, -0.1) is 0 Å². The SMILES string of the molecule is COc1ccc(C=CC(=O)OCC(=O)Nc2ccc(C)c(Cl)c2)cc1OC. The molecule has 0 saturated heterocycles. The molecule has 0 radical (unpaired) electrons. The first-order valence-electron chi connectivity index (χ1n) is 8.06. The number of esters is 1. The zero-order valence-electron chi connectivity index (χ0n) is 15.2. The van der Waals surface area contributed by atoms with Crippen LogP contribution in [0.5, 0.6) is 11.5 Å². The van der Waals surface area contributed by atoms with Gasteiger partial charge in [-0.05, 0) is 48.4 Å². The highest BCUT2D eigenvalue weighted by atomic mass is 35.5. The van der Waals surface area contributed by atoms with Crippen molar-refractivity contribution in [2.24, 2.45) is 0 Å². The molecule has 2 aromatic rings. The molecule has 0 unspecified atom stereocenters. The smallest absolute Gasteiger partial charge is 0.331 e. The lowest BCUT2D eigenvalue weighted by Crippen LogP contribution is -2.20. The normalized spacial score (nSPS) is 10.5. The van der Waals surface area contributed by atoms with Crippen LogP contribution in [0.25, 0.3) is 6.08 Å². The summed E-state index contributed by atoms with van der Waals surface area (Å²) < 4.78 is 15.3. The molecule has 0 fully saturated rings. The van der Waals surface area contributed by atoms with E-state index in [9.17, 15) is 9.59 Å². The highest BCUT2D eigenvalue weighted by Gasteiger charge is 2.07. The van der Waals surface area contributed by atoms with Gasteiger partial charge in [0, 0.05) is 16.8 Å². The van der Waals surface area contributed by atoms with Crippen LogP contribution in [0.15, 0.2) is 42.5 Å². The van der Waals surface area contributed by atoms with E-state index in [1.54, 1.807) is 49.6 Å². The minimum absolute atomic E-state index is 0.402. The second kappa shape index (κ2) is 9.64. The van der Waals surface area contributed by atoms with Gasteiger partial charge in [0.05, 0.1) is 14.2 Å². The Kier molecular flexibility index (Phi) is 7.25. The summed E-state index contributed by atoms with van der Waals surface area (Å²) in [6.07, 6.45) is 2.79. The molecule has 6 nitrogen and oxygen atoms in total. The average molecular weight is 390 g/mol. The molecular formula is C20H20ClNO5. The predicted molar refractivity (Wildman–Crippen MR) is 104 cm³/mol. The Morgan fingerprint density at radius 1 is 1.07 bits per heavy atom. The first-order valence-corrected chi connectivity index (χ1v) is 8.43. The minimum Gasteiger partial charge on any atom is -0.493 e. The molecule has 0 aromatic heterocycles. The van der Waals surface area contributed by atoms with Gasteiger partial charge < -0.3 is 19.5 Å². The number of carbonyl (C=O) groups is 2. The quantitative estimate of drug-likeness (QED) is 0.575. The van der Waals surface area contributed by atoms with Gasteiger partial charge in [-0.1, -0.05) is 23.7 Å². The van der Waals surface area contributed by atoms with Crippen LogP contribution in [0.2, 0.25) is 5.02 Å². The lowest BCUT2D eigenvalue weighted by atomic mass is 10.2. The Morgan fingerprint density at radius 2 is 1.81 bits per heavy atom. The lowest BCUT2D eigenvalue weighted by molar-refractivity contribution is -0.142. The van der Waals surface area contributed by atoms with E-state index in [-0.39, 0.29) is 0 Å². The van der Waals surface area contributed by atoms with Crippen molar-refractivity contribution in [2.75, 3.05) is 26.1 Å². The zero-order chi connectivity index (χ0) is 19.8. The van der Waals surface area contributed by atoms with Gasteiger partial charge in [0.25, 0.3) is 5.91 Å². The third kappa shape index (κ3) is 6.04. The topological polar surface area (TPSA) is 73.9 Å². The van der Waals surface area contributed by atoms with Gasteiger partial charge in [-0.2, -0.15) is 0 Å². The number of ether oxygens (including phenoxy) is 3. The maximum atomic E-state index is 11.9. The number of rotatable bonds is 7. The number of hydrogen-bond acceptors (Lipinski definition) is 5. The van der Waals surface area contributed by atoms with Crippen molar-refractivity contribution in [3.8, 4) is 11.5 Å². The largest absolute Gasteiger partial charge is 0.493 e. The molecule has 1 amide bonds. The van der Waals surface area contributed by atoms with Gasteiger partial charge >= 0.3 is 5.97 Å². The van der Waals surface area contributed by atoms with E-state index in [1.165, 1.54) is 13.2 Å². The molecule has 142 valence electrons. The molecule has 27 heavy (non-hydrogen) atoms. The fraction of sp³-hybridized carbons (Fsp3) is 0.200. The Hall–Kier alpha value is -2.99. The number of benzene rings is 2. The summed E-state index contributed by atoms with van der Waals surface area (Å²) in [6, 6.07) is 10.3. The Labute approximate surface area is 162 Å². The second-order valence-corrected chi connectivity index (χ2v) is 5.97. The average Bonchev–Trinajstić information content (AvgIpc) is 2.67. The highest BCUT2D eigenvalue weighted by Crippen LogP contribution is 2.28. The summed E-state index contributed by atoms with van der Waals surface area (Å²) in [5, 5.41) is 3.16. The molecule has 2 rings (SSSR count). The fourth-order valence-electron chi connectivity index (χ4n) is 2.17. The molecule has 2 aromatic carbocycles. The van der Waals surface area contributed by atoms with Gasteiger partial charge in [0.15, 0.2) is 18.1 Å². The van der Waals surface area contributed by atoms with Crippen LogP contribution in [0, 0.1) is 6.92 Å². The fourth-order valence-corrected chi connectivity index (χ4v) is 2.35. The summed E-state index contributed by atoms with van der Waals surface area (Å²) >= 11 is 6.00. The van der Waals surface area contributed by atoms with E-state index < -0.39 is 18.5 Å². The first kappa shape index (κ1) is 20.3. The third-order valence-corrected chi connectivity index (χ3v) is 4.03. The molecule has 0 aliphatic heterocycles. The molecule has 0 aliphatic carbocycles. The Morgan fingerprint density at radius 3 is 2.48 bits per heavy atom. The van der Waals surface area contributed by atoms with Crippen molar-refractivity contribution in [1.29, 1.82) is 0 Å². The van der Waals surface area contributed by atoms with E-state index in [4.69, 9.17) is 25.8 Å². The molecule has 0 spiro atoms. The summed E-state index contributed by atoms with van der Waals surface area (Å²) in [5.74, 6) is 0.0407. The number of anilines is 1. The predicted octanol–water partition coefficient (Wildman–Crippen LogP) is 3.86. The number of halogens is 1. The second-order valence-electron chi connectivity index (χ2n) is 5.57. The Bertz CT molecular complexity index is 863. The number of methoxy groups -OCH3 is 2. The lowest BCUT2D eigenvalue weighted by Gasteiger charge is -2.08. The van der Waals surface area contributed by atoms with E-state index in [0.717, 1.165) is 11.1 Å². The number of nitrogens with one attached hydrogen (secondary N) is 1. The zero-order valence-corrected chi connectivity index (χ0v) is 16.0. The first-order chi connectivity index (χ1) is 12.9. The molecule has 0 aliphatic rings. The van der Waals surface area contributed by atoms with E-state index in [1.807, 2.05) is 6.92 Å². The summed E-state index contributed by atoms with van der Waals surface area (Å²) in [4.78, 5) is 23.6. The number of hydrogen-bond donors (Lipinski definition) is 1. The molecular weight excluding hydrogens is 370 g/mol. The van der Waals surface area contributed by atoms with Crippen molar-refractivity contribution >= 4 is 35.2 Å². The molecule has 0 heterocycles. The van der Waals surface area contributed by atoms with Crippen molar-refractivity contribution in [2.45, 2.75) is 6.92 Å². The highest BCUT2D eigenvalue weighted by molar-refractivity contribution is 6.31. The van der Waals surface area contributed by atoms with Crippen molar-refractivity contribution in [3.05, 3.63) is 58.6 Å². The summed E-state index contributed by atoms with van der Waals surface area (Å²) in [6.45, 7) is 1.46. The van der Waals surface area contributed by atoms with E-state index >= 15 is 0 Å². The van der Waals surface area contributed by atoms with E-state index in [2.05, 4.69) is 5.32 Å². The van der Waals surface area contributed by atoms with Gasteiger partial charge in [0.1, 0.15) is 0 Å². The number of aryl methyl sites for hydroxylation is 1. The maximum absolute atomic E-state index is 11.9. The van der Waals surface area contributed by atoms with Crippen LogP contribution in [0.3, 0.4) is 0 Å². The van der Waals surface area contributed by atoms with Crippen LogP contribution >= 0.6 is 11.6 Å². The molecule has 0 saturated carbocycles. The Balaban J connectivity index is 1.87. The summed E-state index contributed by atoms with van der Waals surface area (Å²) in [5.41, 5.74) is 2.16. The van der Waals surface area contributed by atoms with Crippen LogP contribution in [0.1, 0.15) is 11.1 Å². The van der Waals surface area contributed by atoms with Crippen LogP contribution in [-0.2, 0) is 14.3 Å². The van der Waals surface area contributed by atoms with Crippen LogP contribution in [0.4, 0.5) is 5.69 Å². The third-order valence-electron chi connectivity index (χ3n) is 3.62. The van der Waals surface area contributed by atoms with Crippen LogP contribution in [-0.4, -0.2) is 32.7 Å². The number of amides is 1. The molecule has 0 atom stereocenters. The van der Waals surface area contributed by atoms with E-state index in [0.29, 0.717) is 22.2 Å². The minimum atomic E-state index is -0.637. The maximum Gasteiger partial charge on any atom is 0.331 e.